The highest BCUT2D eigenvalue weighted by Crippen LogP contribution is 2.32. The monoisotopic (exact) mass is 342 g/mol. The fourth-order valence-corrected chi connectivity index (χ4v) is 2.13. The summed E-state index contributed by atoms with van der Waals surface area (Å²) in [5.41, 5.74) is 0. The van der Waals surface area contributed by atoms with Crippen molar-refractivity contribution >= 4 is 33.6 Å². The van der Waals surface area contributed by atoms with E-state index in [9.17, 15) is 9.59 Å². The van der Waals surface area contributed by atoms with Crippen molar-refractivity contribution < 1.29 is 19.8 Å². The zero-order valence-corrected chi connectivity index (χ0v) is 15.5. The molecule has 0 radical (unpaired) electrons. The van der Waals surface area contributed by atoms with E-state index in [4.69, 9.17) is 20.9 Å². The summed E-state index contributed by atoms with van der Waals surface area (Å²) in [5, 5.41) is 17.2. The van der Waals surface area contributed by atoms with Crippen molar-refractivity contribution in [2.24, 2.45) is 11.8 Å². The molecule has 4 nitrogen and oxygen atoms in total. The first-order chi connectivity index (χ1) is 9.99. The van der Waals surface area contributed by atoms with Gasteiger partial charge >= 0.3 is 11.9 Å². The van der Waals surface area contributed by atoms with Crippen molar-refractivity contribution in [1.82, 2.24) is 0 Å². The number of hydrogen-bond acceptors (Lipinski definition) is 3. The van der Waals surface area contributed by atoms with E-state index in [1.165, 1.54) is 11.0 Å². The van der Waals surface area contributed by atoms with Crippen LogP contribution in [0.3, 0.4) is 0 Å². The lowest BCUT2D eigenvalue weighted by Crippen LogP contribution is -2.19. The highest BCUT2D eigenvalue weighted by atomic mass is 35.7. The molecule has 6 heteroatoms. The molecule has 0 aromatic heterocycles. The van der Waals surface area contributed by atoms with Crippen molar-refractivity contribution in [3.63, 3.8) is 0 Å². The summed E-state index contributed by atoms with van der Waals surface area (Å²) in [6, 6.07) is 0. The van der Waals surface area contributed by atoms with E-state index in [0.717, 1.165) is 25.7 Å². The Labute approximate surface area is 138 Å². The Morgan fingerprint density at radius 2 is 1.10 bits per heavy atom. The Morgan fingerprint density at radius 3 is 1.24 bits per heavy atom. The Kier molecular flexibility index (Phi) is 23.8. The molecule has 1 rings (SSSR count). The van der Waals surface area contributed by atoms with Gasteiger partial charge in [-0.3, -0.25) is 9.59 Å². The van der Waals surface area contributed by atoms with Crippen molar-refractivity contribution in [2.75, 3.05) is 6.26 Å². The third kappa shape index (κ3) is 19.6. The number of hydrogen-bond donors (Lipinski definition) is 2. The molecule has 0 unspecified atom stereocenters. The average molecular weight is 343 g/mol. The van der Waals surface area contributed by atoms with Crippen LogP contribution in [0.2, 0.25) is 0 Å². The van der Waals surface area contributed by atoms with Crippen molar-refractivity contribution in [3.05, 3.63) is 0 Å². The quantitative estimate of drug-likeness (QED) is 0.725. The normalized spacial score (nSPS) is 19.5. The van der Waals surface area contributed by atoms with E-state index in [0.29, 0.717) is 0 Å². The molecule has 1 aliphatic carbocycles. The average Bonchev–Trinajstić information content (AvgIpc) is 2.45. The van der Waals surface area contributed by atoms with Crippen LogP contribution in [0.4, 0.5) is 0 Å². The van der Waals surface area contributed by atoms with Crippen molar-refractivity contribution in [1.29, 1.82) is 0 Å². The van der Waals surface area contributed by atoms with Crippen molar-refractivity contribution in [2.45, 2.75) is 66.2 Å². The molecule has 128 valence electrons. The van der Waals surface area contributed by atoms with E-state index < -0.39 is 11.9 Å². The minimum Gasteiger partial charge on any atom is -0.481 e. The summed E-state index contributed by atoms with van der Waals surface area (Å²) in [4.78, 5) is 20.9. The van der Waals surface area contributed by atoms with Gasteiger partial charge in [-0.05, 0) is 54.5 Å². The van der Waals surface area contributed by atoms with Crippen LogP contribution < -0.4 is 0 Å². The molecule has 1 aliphatic rings. The predicted molar refractivity (Wildman–Crippen MR) is 92.0 cm³/mol. The van der Waals surface area contributed by atoms with E-state index in [1.807, 2.05) is 34.0 Å². The summed E-state index contributed by atoms with van der Waals surface area (Å²) in [5.74, 6) is -0.964. The summed E-state index contributed by atoms with van der Waals surface area (Å²) >= 11 is 0. The third-order valence-corrected chi connectivity index (χ3v) is 2.89. The highest BCUT2D eigenvalue weighted by Gasteiger charge is 2.24. The van der Waals surface area contributed by atoms with Crippen LogP contribution in [0.5, 0.6) is 0 Å². The van der Waals surface area contributed by atoms with Gasteiger partial charge in [-0.25, -0.2) is 0 Å². The lowest BCUT2D eigenvalue weighted by molar-refractivity contribution is -0.140. The lowest BCUT2D eigenvalue weighted by Gasteiger charge is -2.26. The molecule has 21 heavy (non-hydrogen) atoms. The number of carbonyl (C=O) groups is 2. The summed E-state index contributed by atoms with van der Waals surface area (Å²) < 4.78 is 0. The molecule has 0 spiro atoms. The molecule has 0 aromatic rings. The molecule has 0 atom stereocenters. The molecule has 2 N–H and O–H groups in total. The Hall–Kier alpha value is -0.420. The topological polar surface area (TPSA) is 74.6 Å². The molecule has 0 aliphatic heterocycles. The Morgan fingerprint density at radius 1 is 0.905 bits per heavy atom. The lowest BCUT2D eigenvalue weighted by atomic mass is 9.79. The second kappa shape index (κ2) is 19.6. The van der Waals surface area contributed by atoms with E-state index in [1.54, 1.807) is 0 Å². The molecular weight excluding hydrogens is 312 g/mol. The first-order valence-electron chi connectivity index (χ1n) is 7.57. The number of rotatable bonds is 4. The SMILES string of the molecule is CC.CC.CSCl.O=C(O)CC1CCC(CC(=O)O)CC1. The van der Waals surface area contributed by atoms with Gasteiger partial charge in [-0.1, -0.05) is 38.7 Å². The van der Waals surface area contributed by atoms with Gasteiger partial charge in [0.25, 0.3) is 0 Å². The standard InChI is InChI=1S/C10H16O4.2C2H6.CH3ClS/c11-9(12)5-7-1-2-8(4-3-7)6-10(13)14;2*1-2;1-3-2/h7-8H,1-6H2,(H,11,12)(H,13,14);2*1-2H3;1H3. The van der Waals surface area contributed by atoms with Crippen molar-refractivity contribution in [3.8, 4) is 0 Å². The van der Waals surface area contributed by atoms with E-state index in [2.05, 4.69) is 0 Å². The fourth-order valence-electron chi connectivity index (χ4n) is 2.13. The number of halogens is 1. The first kappa shape index (κ1) is 25.5. The molecule has 0 heterocycles. The molecule has 0 amide bonds. The Balaban J connectivity index is -0.000000399. The fraction of sp³-hybridized carbons (Fsp3) is 0.867. The minimum atomic E-state index is -0.744. The van der Waals surface area contributed by atoms with Crippen LogP contribution in [-0.2, 0) is 9.59 Å². The first-order valence-corrected chi connectivity index (χ1v) is 9.63. The maximum Gasteiger partial charge on any atom is 0.303 e. The molecule has 1 fully saturated rings. The number of carboxylic acid groups (broad SMARTS) is 2. The maximum atomic E-state index is 10.4. The summed E-state index contributed by atoms with van der Waals surface area (Å²) in [6.07, 6.45) is 5.74. The van der Waals surface area contributed by atoms with Gasteiger partial charge < -0.3 is 10.2 Å². The van der Waals surface area contributed by atoms with Gasteiger partial charge in [0.2, 0.25) is 0 Å². The zero-order chi connectivity index (χ0) is 17.3. The van der Waals surface area contributed by atoms with Gasteiger partial charge in [0.15, 0.2) is 0 Å². The summed E-state index contributed by atoms with van der Waals surface area (Å²) in [7, 11) is 6.14. The number of carboxylic acids is 2. The second-order valence-corrected chi connectivity index (χ2v) is 5.47. The van der Waals surface area contributed by atoms with Gasteiger partial charge in [0.1, 0.15) is 0 Å². The van der Waals surface area contributed by atoms with Crippen LogP contribution in [-0.4, -0.2) is 28.4 Å². The third-order valence-electron chi connectivity index (χ3n) is 2.89. The molecule has 1 saturated carbocycles. The zero-order valence-electron chi connectivity index (χ0n) is 13.9. The van der Waals surface area contributed by atoms with Crippen LogP contribution in [0, 0.1) is 11.8 Å². The molecule has 0 aromatic carbocycles. The van der Waals surface area contributed by atoms with E-state index >= 15 is 0 Å². The molecule has 0 bridgehead atoms. The van der Waals surface area contributed by atoms with Gasteiger partial charge in [0, 0.05) is 12.8 Å². The smallest absolute Gasteiger partial charge is 0.303 e. The minimum absolute atomic E-state index is 0.236. The Bertz CT molecular complexity index is 218. The van der Waals surface area contributed by atoms with Crippen LogP contribution in [0.25, 0.3) is 0 Å². The molecular formula is C15H31ClO4S. The number of aliphatic carboxylic acids is 2. The van der Waals surface area contributed by atoms with Crippen LogP contribution >= 0.6 is 21.7 Å². The van der Waals surface area contributed by atoms with Gasteiger partial charge in [-0.15, -0.1) is 0 Å². The van der Waals surface area contributed by atoms with Crippen LogP contribution in [0.15, 0.2) is 0 Å². The highest BCUT2D eigenvalue weighted by molar-refractivity contribution is 8.20. The second-order valence-electron chi connectivity index (χ2n) is 4.24. The molecule has 0 saturated heterocycles. The predicted octanol–water partition coefficient (Wildman–Crippen LogP) is 5.30. The van der Waals surface area contributed by atoms with Gasteiger partial charge in [0.05, 0.1) is 0 Å². The van der Waals surface area contributed by atoms with Crippen LogP contribution in [0.1, 0.15) is 66.2 Å². The van der Waals surface area contributed by atoms with E-state index in [-0.39, 0.29) is 24.7 Å². The largest absolute Gasteiger partial charge is 0.481 e. The summed E-state index contributed by atoms with van der Waals surface area (Å²) in [6.45, 7) is 8.00. The van der Waals surface area contributed by atoms with Gasteiger partial charge in [-0.2, -0.15) is 0 Å². The maximum absolute atomic E-state index is 10.4.